The fourth-order valence-electron chi connectivity index (χ4n) is 1.58. The number of methoxy groups -OCH3 is 1. The van der Waals surface area contributed by atoms with Gasteiger partial charge in [-0.3, -0.25) is 16.4 Å². The van der Waals surface area contributed by atoms with Gasteiger partial charge in [0.15, 0.2) is 0 Å². The number of ether oxygens (including phenoxy) is 1. The molecular formula is C9H19N5O. The van der Waals surface area contributed by atoms with E-state index in [2.05, 4.69) is 22.5 Å². The number of nitrogens with one attached hydrogen (secondary N) is 2. The van der Waals surface area contributed by atoms with Gasteiger partial charge in [-0.1, -0.05) is 6.92 Å². The summed E-state index contributed by atoms with van der Waals surface area (Å²) in [6.45, 7) is 2.80. The minimum atomic E-state index is -0.00102. The van der Waals surface area contributed by atoms with E-state index in [9.17, 15) is 0 Å². The zero-order chi connectivity index (χ0) is 11.3. The lowest BCUT2D eigenvalue weighted by molar-refractivity contribution is 0.170. The van der Waals surface area contributed by atoms with Crippen molar-refractivity contribution in [3.05, 3.63) is 11.8 Å². The number of nitrogens with two attached hydrogens (primary N) is 2. The molecule has 0 amide bonds. The second-order valence-corrected chi connectivity index (χ2v) is 3.64. The maximum Gasteiger partial charge on any atom is 0.123 e. The molecular weight excluding hydrogens is 194 g/mol. The average molecular weight is 213 g/mol. The molecule has 2 atom stereocenters. The molecule has 6 heteroatoms. The number of H-pyrrole nitrogens is 1. The summed E-state index contributed by atoms with van der Waals surface area (Å²) in [5.74, 6) is 6.40. The van der Waals surface area contributed by atoms with Gasteiger partial charge in [-0.05, 0) is 12.3 Å². The number of aromatic nitrogens is 2. The molecule has 1 rings (SSSR count). The molecule has 0 aliphatic rings. The van der Waals surface area contributed by atoms with Crippen molar-refractivity contribution in [2.75, 3.05) is 19.5 Å². The molecule has 0 bridgehead atoms. The Bertz CT molecular complexity index is 288. The highest BCUT2D eigenvalue weighted by Gasteiger charge is 2.21. The van der Waals surface area contributed by atoms with Gasteiger partial charge in [0.05, 0.1) is 12.2 Å². The summed E-state index contributed by atoms with van der Waals surface area (Å²) >= 11 is 0. The molecule has 0 saturated heterocycles. The van der Waals surface area contributed by atoms with Crippen molar-refractivity contribution >= 4 is 5.82 Å². The molecule has 0 radical (unpaired) electrons. The maximum absolute atomic E-state index is 5.74. The van der Waals surface area contributed by atoms with Crippen molar-refractivity contribution in [1.29, 1.82) is 0 Å². The van der Waals surface area contributed by atoms with E-state index in [0.29, 0.717) is 18.3 Å². The van der Waals surface area contributed by atoms with E-state index in [0.717, 1.165) is 12.0 Å². The molecule has 0 saturated carbocycles. The number of hydrogen-bond acceptors (Lipinski definition) is 5. The summed E-state index contributed by atoms with van der Waals surface area (Å²) in [7, 11) is 1.68. The van der Waals surface area contributed by atoms with Crippen molar-refractivity contribution in [2.45, 2.75) is 19.4 Å². The first-order valence-electron chi connectivity index (χ1n) is 4.94. The van der Waals surface area contributed by atoms with Gasteiger partial charge in [-0.2, -0.15) is 5.10 Å². The molecule has 1 aromatic rings. The largest absolute Gasteiger partial charge is 0.385 e. The van der Waals surface area contributed by atoms with E-state index in [-0.39, 0.29) is 6.04 Å². The number of nitrogens with zero attached hydrogens (tertiary/aromatic N) is 1. The van der Waals surface area contributed by atoms with Crippen molar-refractivity contribution in [3.63, 3.8) is 0 Å². The van der Waals surface area contributed by atoms with Gasteiger partial charge in [-0.15, -0.1) is 0 Å². The van der Waals surface area contributed by atoms with Crippen molar-refractivity contribution in [1.82, 2.24) is 15.6 Å². The maximum atomic E-state index is 5.74. The summed E-state index contributed by atoms with van der Waals surface area (Å²) in [5.41, 5.74) is 9.40. The van der Waals surface area contributed by atoms with Gasteiger partial charge in [0.1, 0.15) is 5.82 Å². The Morgan fingerprint density at radius 1 is 1.67 bits per heavy atom. The Kier molecular flexibility index (Phi) is 4.54. The van der Waals surface area contributed by atoms with E-state index in [1.165, 1.54) is 0 Å². The lowest BCUT2D eigenvalue weighted by Crippen LogP contribution is -2.33. The number of rotatable bonds is 6. The van der Waals surface area contributed by atoms with Gasteiger partial charge in [0, 0.05) is 19.3 Å². The number of aromatic amines is 1. The summed E-state index contributed by atoms with van der Waals surface area (Å²) in [6.07, 6.45) is 2.61. The normalized spacial score (nSPS) is 15.1. The summed E-state index contributed by atoms with van der Waals surface area (Å²) in [4.78, 5) is 0. The summed E-state index contributed by atoms with van der Waals surface area (Å²) in [5, 5.41) is 6.57. The predicted octanol–water partition coefficient (Wildman–Crippen LogP) is 0.169. The van der Waals surface area contributed by atoms with E-state index in [1.54, 1.807) is 13.3 Å². The van der Waals surface area contributed by atoms with Gasteiger partial charge >= 0.3 is 0 Å². The third-order valence-electron chi connectivity index (χ3n) is 2.56. The number of nitrogen functional groups attached to an aromatic ring is 1. The molecule has 1 aromatic heterocycles. The van der Waals surface area contributed by atoms with E-state index >= 15 is 0 Å². The van der Waals surface area contributed by atoms with Crippen LogP contribution in [0.3, 0.4) is 0 Å². The second kappa shape index (κ2) is 5.69. The Morgan fingerprint density at radius 2 is 2.40 bits per heavy atom. The van der Waals surface area contributed by atoms with Gasteiger partial charge in [0.25, 0.3) is 0 Å². The van der Waals surface area contributed by atoms with Crippen LogP contribution in [0, 0.1) is 5.92 Å². The van der Waals surface area contributed by atoms with Crippen LogP contribution in [0.4, 0.5) is 5.82 Å². The zero-order valence-corrected chi connectivity index (χ0v) is 9.16. The average Bonchev–Trinajstić information content (AvgIpc) is 2.63. The van der Waals surface area contributed by atoms with Crippen LogP contribution in [0.2, 0.25) is 0 Å². The van der Waals surface area contributed by atoms with Crippen LogP contribution in [0.1, 0.15) is 24.9 Å². The summed E-state index contributed by atoms with van der Waals surface area (Å²) < 4.78 is 5.03. The van der Waals surface area contributed by atoms with E-state index < -0.39 is 0 Å². The van der Waals surface area contributed by atoms with Crippen LogP contribution in [0.5, 0.6) is 0 Å². The highest BCUT2D eigenvalue weighted by Crippen LogP contribution is 2.26. The number of hydrogen-bond donors (Lipinski definition) is 4. The van der Waals surface area contributed by atoms with Gasteiger partial charge in [0.2, 0.25) is 0 Å². The van der Waals surface area contributed by atoms with Crippen molar-refractivity contribution in [3.8, 4) is 0 Å². The van der Waals surface area contributed by atoms with E-state index in [4.69, 9.17) is 16.3 Å². The molecule has 2 unspecified atom stereocenters. The van der Waals surface area contributed by atoms with Crippen LogP contribution in [0.15, 0.2) is 6.20 Å². The first kappa shape index (κ1) is 12.0. The Morgan fingerprint density at radius 3 is 2.87 bits per heavy atom. The van der Waals surface area contributed by atoms with Crippen LogP contribution >= 0.6 is 0 Å². The minimum Gasteiger partial charge on any atom is -0.385 e. The zero-order valence-electron chi connectivity index (χ0n) is 9.16. The molecule has 0 aliphatic carbocycles. The first-order chi connectivity index (χ1) is 7.20. The monoisotopic (exact) mass is 213 g/mol. The predicted molar refractivity (Wildman–Crippen MR) is 58.7 cm³/mol. The van der Waals surface area contributed by atoms with Crippen LogP contribution in [-0.4, -0.2) is 23.9 Å². The first-order valence-corrected chi connectivity index (χ1v) is 4.94. The molecule has 6 N–H and O–H groups in total. The Hall–Kier alpha value is -1.11. The van der Waals surface area contributed by atoms with Crippen molar-refractivity contribution < 1.29 is 4.74 Å². The molecule has 1 heterocycles. The molecule has 0 aromatic carbocycles. The molecule has 0 fully saturated rings. The SMILES string of the molecule is COCCC(C)C(NN)c1cn[nH]c1N. The lowest BCUT2D eigenvalue weighted by Gasteiger charge is -2.22. The standard InChI is InChI=1S/C9H19N5O/c1-6(3-4-15-2)8(13-11)7-5-12-14-9(7)10/h5-6,8,13H,3-4,11H2,1-2H3,(H3,10,12,14). The van der Waals surface area contributed by atoms with Gasteiger partial charge < -0.3 is 10.5 Å². The minimum absolute atomic E-state index is 0.00102. The number of hydrazine groups is 1. The highest BCUT2D eigenvalue weighted by atomic mass is 16.5. The third-order valence-corrected chi connectivity index (χ3v) is 2.56. The summed E-state index contributed by atoms with van der Waals surface area (Å²) in [6, 6.07) is -0.00102. The third kappa shape index (κ3) is 2.92. The fraction of sp³-hybridized carbons (Fsp3) is 0.667. The van der Waals surface area contributed by atoms with Crippen LogP contribution in [0.25, 0.3) is 0 Å². The molecule has 15 heavy (non-hydrogen) atoms. The molecule has 0 spiro atoms. The Labute approximate surface area is 89.3 Å². The van der Waals surface area contributed by atoms with Crippen LogP contribution < -0.4 is 17.0 Å². The topological polar surface area (TPSA) is 102 Å². The van der Waals surface area contributed by atoms with Crippen molar-refractivity contribution in [2.24, 2.45) is 11.8 Å². The molecule has 86 valence electrons. The fourth-order valence-corrected chi connectivity index (χ4v) is 1.58. The molecule has 0 aliphatic heterocycles. The smallest absolute Gasteiger partial charge is 0.123 e. The highest BCUT2D eigenvalue weighted by molar-refractivity contribution is 5.39. The van der Waals surface area contributed by atoms with E-state index in [1.807, 2.05) is 0 Å². The van der Waals surface area contributed by atoms with Crippen LogP contribution in [-0.2, 0) is 4.74 Å². The lowest BCUT2D eigenvalue weighted by atomic mass is 9.94. The number of anilines is 1. The Balaban J connectivity index is 2.67. The molecule has 6 nitrogen and oxygen atoms in total. The second-order valence-electron chi connectivity index (χ2n) is 3.64. The van der Waals surface area contributed by atoms with Gasteiger partial charge in [-0.25, -0.2) is 0 Å². The quantitative estimate of drug-likeness (QED) is 0.398.